The zero-order chi connectivity index (χ0) is 20.2. The van der Waals surface area contributed by atoms with Gasteiger partial charge in [-0.2, -0.15) is 0 Å². The molecule has 0 aromatic heterocycles. The summed E-state index contributed by atoms with van der Waals surface area (Å²) < 4.78 is 5.16. The Kier molecular flexibility index (Phi) is 5.47. The summed E-state index contributed by atoms with van der Waals surface area (Å²) in [4.78, 5) is 29.4. The van der Waals surface area contributed by atoms with Crippen LogP contribution in [0.4, 0.5) is 0 Å². The molecule has 3 aromatic rings. The van der Waals surface area contributed by atoms with Crippen LogP contribution < -0.4 is 4.74 Å². The van der Waals surface area contributed by atoms with E-state index in [0.717, 1.165) is 27.6 Å². The van der Waals surface area contributed by atoms with E-state index in [-0.39, 0.29) is 11.8 Å². The molecule has 1 aliphatic heterocycles. The number of carbonyl (C=O) groups excluding carboxylic acids is 2. The van der Waals surface area contributed by atoms with Crippen molar-refractivity contribution in [3.8, 4) is 5.75 Å². The van der Waals surface area contributed by atoms with Gasteiger partial charge in [-0.25, -0.2) is 0 Å². The van der Waals surface area contributed by atoms with Crippen LogP contribution >= 0.6 is 0 Å². The molecule has 3 aromatic carbocycles. The lowest BCUT2D eigenvalue weighted by Crippen LogP contribution is -2.51. The molecule has 0 atom stereocenters. The second kappa shape index (κ2) is 8.35. The maximum atomic E-state index is 13.1. The van der Waals surface area contributed by atoms with Crippen molar-refractivity contribution in [1.29, 1.82) is 0 Å². The van der Waals surface area contributed by atoms with Gasteiger partial charge in [0.1, 0.15) is 5.75 Å². The first-order valence-corrected chi connectivity index (χ1v) is 9.83. The number of benzene rings is 3. The number of rotatable bonds is 4. The fourth-order valence-corrected chi connectivity index (χ4v) is 3.77. The summed E-state index contributed by atoms with van der Waals surface area (Å²) in [5.41, 5.74) is 1.69. The van der Waals surface area contributed by atoms with E-state index in [1.54, 1.807) is 7.11 Å². The molecular weight excluding hydrogens is 364 g/mol. The summed E-state index contributed by atoms with van der Waals surface area (Å²) >= 11 is 0. The number of amides is 2. The van der Waals surface area contributed by atoms with Crippen molar-refractivity contribution in [2.24, 2.45) is 0 Å². The van der Waals surface area contributed by atoms with Crippen LogP contribution in [0.25, 0.3) is 10.8 Å². The van der Waals surface area contributed by atoms with E-state index < -0.39 is 0 Å². The standard InChI is InChI=1S/C24H24N2O3/c1-29-20-11-9-18(10-12-20)17-23(27)25-13-15-26(16-14-25)24(28)22-8-4-6-19-5-2-3-7-21(19)22/h2-12H,13-17H2,1H3. The monoisotopic (exact) mass is 388 g/mol. The second-order valence-corrected chi connectivity index (χ2v) is 7.22. The Hall–Kier alpha value is -3.34. The van der Waals surface area contributed by atoms with Crippen LogP contribution in [0.5, 0.6) is 5.75 Å². The minimum atomic E-state index is 0.0315. The summed E-state index contributed by atoms with van der Waals surface area (Å²) in [6.07, 6.45) is 0.362. The van der Waals surface area contributed by atoms with Gasteiger partial charge in [0, 0.05) is 31.7 Å². The Morgan fingerprint density at radius 3 is 2.21 bits per heavy atom. The lowest BCUT2D eigenvalue weighted by molar-refractivity contribution is -0.131. The zero-order valence-corrected chi connectivity index (χ0v) is 16.5. The molecule has 4 rings (SSSR count). The maximum Gasteiger partial charge on any atom is 0.254 e. The Morgan fingerprint density at radius 2 is 1.48 bits per heavy atom. The first kappa shape index (κ1) is 19.0. The Balaban J connectivity index is 1.38. The second-order valence-electron chi connectivity index (χ2n) is 7.22. The largest absolute Gasteiger partial charge is 0.497 e. The van der Waals surface area contributed by atoms with Gasteiger partial charge in [-0.1, -0.05) is 48.5 Å². The molecule has 0 radical (unpaired) electrons. The summed E-state index contributed by atoms with van der Waals surface area (Å²) in [6, 6.07) is 21.3. The first-order chi connectivity index (χ1) is 14.2. The third-order valence-corrected chi connectivity index (χ3v) is 5.45. The normalized spacial score (nSPS) is 14.1. The van der Waals surface area contributed by atoms with E-state index in [1.165, 1.54) is 0 Å². The fraction of sp³-hybridized carbons (Fsp3) is 0.250. The number of methoxy groups -OCH3 is 1. The SMILES string of the molecule is COc1ccc(CC(=O)N2CCN(C(=O)c3cccc4ccccc34)CC2)cc1. The van der Waals surface area contributed by atoms with Gasteiger partial charge in [0.05, 0.1) is 13.5 Å². The fourth-order valence-electron chi connectivity index (χ4n) is 3.77. The van der Waals surface area contributed by atoms with Crippen LogP contribution in [0.3, 0.4) is 0 Å². The van der Waals surface area contributed by atoms with Crippen LogP contribution in [0.1, 0.15) is 15.9 Å². The van der Waals surface area contributed by atoms with E-state index in [4.69, 9.17) is 4.74 Å². The van der Waals surface area contributed by atoms with Gasteiger partial charge >= 0.3 is 0 Å². The van der Waals surface area contributed by atoms with Crippen LogP contribution in [-0.4, -0.2) is 54.9 Å². The lowest BCUT2D eigenvalue weighted by atomic mass is 10.0. The van der Waals surface area contributed by atoms with Gasteiger partial charge in [-0.15, -0.1) is 0 Å². The predicted octanol–water partition coefficient (Wildman–Crippen LogP) is 3.38. The molecule has 29 heavy (non-hydrogen) atoms. The minimum Gasteiger partial charge on any atom is -0.497 e. The van der Waals surface area contributed by atoms with E-state index >= 15 is 0 Å². The molecule has 148 valence electrons. The minimum absolute atomic E-state index is 0.0315. The van der Waals surface area contributed by atoms with E-state index in [0.29, 0.717) is 32.6 Å². The average Bonchev–Trinajstić information content (AvgIpc) is 2.79. The molecule has 0 aliphatic carbocycles. The zero-order valence-electron chi connectivity index (χ0n) is 16.5. The van der Waals surface area contributed by atoms with Crippen LogP contribution in [-0.2, 0) is 11.2 Å². The van der Waals surface area contributed by atoms with Crippen molar-refractivity contribution in [3.05, 3.63) is 77.9 Å². The van der Waals surface area contributed by atoms with Crippen LogP contribution in [0, 0.1) is 0 Å². The highest BCUT2D eigenvalue weighted by molar-refractivity contribution is 6.07. The van der Waals surface area contributed by atoms with E-state index in [2.05, 4.69) is 0 Å². The van der Waals surface area contributed by atoms with Crippen molar-refractivity contribution >= 4 is 22.6 Å². The van der Waals surface area contributed by atoms with E-state index in [9.17, 15) is 9.59 Å². The Labute approximate surface area is 170 Å². The molecular formula is C24H24N2O3. The van der Waals surface area contributed by atoms with Gasteiger partial charge in [0.2, 0.25) is 5.91 Å². The summed E-state index contributed by atoms with van der Waals surface area (Å²) in [6.45, 7) is 2.23. The number of piperazine rings is 1. The van der Waals surface area contributed by atoms with Gasteiger partial charge in [-0.3, -0.25) is 9.59 Å². The van der Waals surface area contributed by atoms with Crippen molar-refractivity contribution in [3.63, 3.8) is 0 Å². The van der Waals surface area contributed by atoms with Gasteiger partial charge in [0.15, 0.2) is 0 Å². The molecule has 1 saturated heterocycles. The number of hydrogen-bond donors (Lipinski definition) is 0. The van der Waals surface area contributed by atoms with Crippen molar-refractivity contribution < 1.29 is 14.3 Å². The third kappa shape index (κ3) is 4.09. The number of ether oxygens (including phenoxy) is 1. The van der Waals surface area contributed by atoms with Crippen LogP contribution in [0.2, 0.25) is 0 Å². The summed E-state index contributed by atoms with van der Waals surface area (Å²) in [5, 5.41) is 2.03. The molecule has 0 spiro atoms. The molecule has 2 amide bonds. The molecule has 0 N–H and O–H groups in total. The Bertz CT molecular complexity index is 1020. The number of carbonyl (C=O) groups is 2. The average molecular weight is 388 g/mol. The van der Waals surface area contributed by atoms with Crippen molar-refractivity contribution in [2.75, 3.05) is 33.3 Å². The highest BCUT2D eigenvalue weighted by Gasteiger charge is 2.25. The van der Waals surface area contributed by atoms with Gasteiger partial charge in [-0.05, 0) is 34.5 Å². The molecule has 0 unspecified atom stereocenters. The summed E-state index contributed by atoms with van der Waals surface area (Å²) in [5.74, 6) is 0.901. The molecule has 1 heterocycles. The smallest absolute Gasteiger partial charge is 0.254 e. The molecule has 1 fully saturated rings. The van der Waals surface area contributed by atoms with Crippen molar-refractivity contribution in [1.82, 2.24) is 9.80 Å². The molecule has 5 heteroatoms. The van der Waals surface area contributed by atoms with Crippen LogP contribution in [0.15, 0.2) is 66.7 Å². The number of nitrogens with zero attached hydrogens (tertiary/aromatic N) is 2. The molecule has 0 saturated carbocycles. The Morgan fingerprint density at radius 1 is 0.828 bits per heavy atom. The molecule has 1 aliphatic rings. The quantitative estimate of drug-likeness (QED) is 0.689. The highest BCUT2D eigenvalue weighted by atomic mass is 16.5. The van der Waals surface area contributed by atoms with Crippen molar-refractivity contribution in [2.45, 2.75) is 6.42 Å². The highest BCUT2D eigenvalue weighted by Crippen LogP contribution is 2.21. The van der Waals surface area contributed by atoms with Gasteiger partial charge < -0.3 is 14.5 Å². The number of fused-ring (bicyclic) bond motifs is 1. The van der Waals surface area contributed by atoms with Gasteiger partial charge in [0.25, 0.3) is 5.91 Å². The maximum absolute atomic E-state index is 13.1. The first-order valence-electron chi connectivity index (χ1n) is 9.83. The molecule has 0 bridgehead atoms. The third-order valence-electron chi connectivity index (χ3n) is 5.45. The van der Waals surface area contributed by atoms with E-state index in [1.807, 2.05) is 76.5 Å². The summed E-state index contributed by atoms with van der Waals surface area (Å²) in [7, 11) is 1.62. The molecule has 5 nitrogen and oxygen atoms in total. The number of hydrogen-bond acceptors (Lipinski definition) is 3. The lowest BCUT2D eigenvalue weighted by Gasteiger charge is -2.35. The predicted molar refractivity (Wildman–Crippen MR) is 113 cm³/mol. The topological polar surface area (TPSA) is 49.9 Å².